The fourth-order valence-corrected chi connectivity index (χ4v) is 4.54. The summed E-state index contributed by atoms with van der Waals surface area (Å²) in [5.74, 6) is 2.83. The number of aromatic nitrogens is 1. The van der Waals surface area contributed by atoms with Gasteiger partial charge in [-0.3, -0.25) is 4.79 Å². The van der Waals surface area contributed by atoms with E-state index in [0.717, 1.165) is 20.1 Å². The van der Waals surface area contributed by atoms with Crippen molar-refractivity contribution in [2.45, 2.75) is 26.7 Å². The minimum absolute atomic E-state index is 0.154. The van der Waals surface area contributed by atoms with Crippen LogP contribution in [0.15, 0.2) is 53.2 Å². The smallest absolute Gasteiger partial charge is 0.497 e. The fourth-order valence-electron chi connectivity index (χ4n) is 4.54. The molecule has 0 fully saturated rings. The van der Waals surface area contributed by atoms with E-state index in [1.165, 1.54) is 0 Å². The molecule has 164 valence electrons. The first-order valence-corrected chi connectivity index (χ1v) is 10.4. The summed E-state index contributed by atoms with van der Waals surface area (Å²) in [4.78, 5) is 12.0. The van der Waals surface area contributed by atoms with Gasteiger partial charge in [0.1, 0.15) is 11.5 Å². The third-order valence-electron chi connectivity index (χ3n) is 6.13. The van der Waals surface area contributed by atoms with Crippen molar-refractivity contribution in [1.82, 2.24) is 9.79 Å². The SMILES string of the molecule is C#CCNC(=O)CCC1=C(C)C2=Cc3ccc(-c4ccc(OC)cc4)n3[B-](F)(F)[N+]2=C1C. The molecule has 5 nitrogen and oxygen atoms in total. The largest absolute Gasteiger partial charge is 0.737 e. The van der Waals surface area contributed by atoms with Crippen molar-refractivity contribution in [3.8, 4) is 29.4 Å². The number of hydrogen-bond donors (Lipinski definition) is 1. The molecule has 0 saturated carbocycles. The summed E-state index contributed by atoms with van der Waals surface area (Å²) in [5, 5.41) is 2.62. The summed E-state index contributed by atoms with van der Waals surface area (Å²) >= 11 is 0. The van der Waals surface area contributed by atoms with Gasteiger partial charge in [-0.2, -0.15) is 0 Å². The summed E-state index contributed by atoms with van der Waals surface area (Å²) in [6, 6.07) is 10.5. The van der Waals surface area contributed by atoms with Gasteiger partial charge in [-0.05, 0) is 55.3 Å². The van der Waals surface area contributed by atoms with Crippen LogP contribution in [-0.4, -0.2) is 41.2 Å². The van der Waals surface area contributed by atoms with Crippen LogP contribution >= 0.6 is 0 Å². The van der Waals surface area contributed by atoms with Crippen LogP contribution in [-0.2, 0) is 4.79 Å². The third kappa shape index (κ3) is 3.44. The molecular weight excluding hydrogens is 411 g/mol. The lowest BCUT2D eigenvalue weighted by Gasteiger charge is -2.31. The molecule has 32 heavy (non-hydrogen) atoms. The second-order valence-electron chi connectivity index (χ2n) is 7.90. The van der Waals surface area contributed by atoms with Crippen molar-refractivity contribution >= 4 is 24.7 Å². The number of amides is 1. The molecule has 3 heterocycles. The normalized spacial score (nSPS) is 16.3. The van der Waals surface area contributed by atoms with Crippen molar-refractivity contribution in [2.24, 2.45) is 0 Å². The minimum Gasteiger partial charge on any atom is -0.497 e. The predicted octanol–water partition coefficient (Wildman–Crippen LogP) is 4.07. The van der Waals surface area contributed by atoms with Gasteiger partial charge in [-0.25, -0.2) is 0 Å². The van der Waals surface area contributed by atoms with E-state index in [1.807, 2.05) is 6.92 Å². The van der Waals surface area contributed by atoms with E-state index < -0.39 is 6.97 Å². The van der Waals surface area contributed by atoms with E-state index >= 15 is 8.63 Å². The number of ether oxygens (including phenoxy) is 1. The number of benzene rings is 1. The van der Waals surface area contributed by atoms with Crippen molar-refractivity contribution < 1.29 is 22.6 Å². The van der Waals surface area contributed by atoms with Crippen LogP contribution in [0.25, 0.3) is 17.3 Å². The van der Waals surface area contributed by atoms with E-state index in [1.54, 1.807) is 56.5 Å². The zero-order valence-electron chi connectivity index (χ0n) is 18.3. The van der Waals surface area contributed by atoms with Crippen molar-refractivity contribution in [3.63, 3.8) is 0 Å². The molecule has 2 aliphatic rings. The number of hydrogen-bond acceptors (Lipinski definition) is 2. The molecule has 0 aliphatic carbocycles. The number of allylic oxidation sites excluding steroid dienone is 2. The second kappa shape index (κ2) is 8.15. The number of nitrogens with zero attached hydrogens (tertiary/aromatic N) is 2. The Hall–Kier alpha value is -3.60. The molecule has 0 radical (unpaired) electrons. The van der Waals surface area contributed by atoms with Crippen LogP contribution in [0.5, 0.6) is 5.75 Å². The van der Waals surface area contributed by atoms with Gasteiger partial charge < -0.3 is 27.6 Å². The molecular formula is C24H24BF2N3O2. The van der Waals surface area contributed by atoms with Gasteiger partial charge in [0.05, 0.1) is 13.7 Å². The quantitative estimate of drug-likeness (QED) is 0.549. The number of methoxy groups -OCH3 is 1. The maximum absolute atomic E-state index is 16.0. The van der Waals surface area contributed by atoms with Crippen molar-refractivity contribution in [1.29, 1.82) is 0 Å². The molecule has 0 atom stereocenters. The van der Waals surface area contributed by atoms with E-state index in [4.69, 9.17) is 11.2 Å². The summed E-state index contributed by atoms with van der Waals surface area (Å²) in [5.41, 5.74) is 4.07. The molecule has 1 aromatic carbocycles. The molecule has 0 bridgehead atoms. The maximum Gasteiger partial charge on any atom is 0.737 e. The number of carbonyl (C=O) groups excluding carboxylic acids is 1. The maximum atomic E-state index is 16.0. The highest BCUT2D eigenvalue weighted by atomic mass is 19.2. The standard InChI is InChI=1S/C24H24BF2N3O2/c1-5-14-28-24(31)13-11-21-16(2)23-15-19-8-12-22(18-6-9-20(32-4)10-7-18)30(19)25(26,27)29(23)17(21)3/h1,6-10,12,15H,11,13-14H2,2-4H3,(H,28,31). The number of rotatable bonds is 6. The van der Waals surface area contributed by atoms with Crippen LogP contribution in [0, 0.1) is 12.3 Å². The first kappa shape index (κ1) is 21.6. The lowest BCUT2D eigenvalue weighted by atomic mass is 9.89. The van der Waals surface area contributed by atoms with Gasteiger partial charge in [0, 0.05) is 42.0 Å². The Kier molecular flexibility index (Phi) is 5.51. The molecule has 2 aliphatic heterocycles. The molecule has 2 aromatic rings. The monoisotopic (exact) mass is 435 g/mol. The van der Waals surface area contributed by atoms with E-state index in [9.17, 15) is 4.79 Å². The highest BCUT2D eigenvalue weighted by Crippen LogP contribution is 2.40. The minimum atomic E-state index is -4.12. The predicted molar refractivity (Wildman–Crippen MR) is 122 cm³/mol. The van der Waals surface area contributed by atoms with Crippen LogP contribution in [0.1, 0.15) is 32.4 Å². The third-order valence-corrected chi connectivity index (χ3v) is 6.13. The fraction of sp³-hybridized carbons (Fsp3) is 0.250. The van der Waals surface area contributed by atoms with E-state index in [-0.39, 0.29) is 18.9 Å². The van der Waals surface area contributed by atoms with Gasteiger partial charge in [0.2, 0.25) is 5.91 Å². The van der Waals surface area contributed by atoms with Gasteiger partial charge in [0.15, 0.2) is 5.70 Å². The lowest BCUT2D eigenvalue weighted by molar-refractivity contribution is -0.362. The Morgan fingerprint density at radius 1 is 1.22 bits per heavy atom. The molecule has 0 saturated heterocycles. The van der Waals surface area contributed by atoms with Gasteiger partial charge in [-0.1, -0.05) is 5.92 Å². The van der Waals surface area contributed by atoms with Gasteiger partial charge in [0.25, 0.3) is 0 Å². The summed E-state index contributed by atoms with van der Waals surface area (Å²) < 4.78 is 39.4. The Morgan fingerprint density at radius 3 is 2.59 bits per heavy atom. The Bertz CT molecular complexity index is 1230. The average Bonchev–Trinajstić information content (AvgIpc) is 3.31. The second-order valence-corrected chi connectivity index (χ2v) is 7.90. The van der Waals surface area contributed by atoms with Crippen LogP contribution in [0.3, 0.4) is 0 Å². The molecule has 1 aromatic heterocycles. The molecule has 4 rings (SSSR count). The van der Waals surface area contributed by atoms with E-state index in [2.05, 4.69) is 11.2 Å². The Balaban J connectivity index is 1.71. The zero-order valence-corrected chi connectivity index (χ0v) is 18.3. The van der Waals surface area contributed by atoms with E-state index in [0.29, 0.717) is 40.5 Å². The van der Waals surface area contributed by atoms with Crippen LogP contribution in [0.2, 0.25) is 0 Å². The highest BCUT2D eigenvalue weighted by Gasteiger charge is 2.54. The number of nitrogens with one attached hydrogen (secondary N) is 1. The van der Waals surface area contributed by atoms with Crippen molar-refractivity contribution in [3.05, 3.63) is 58.9 Å². The Labute approximate surface area is 186 Å². The summed E-state index contributed by atoms with van der Waals surface area (Å²) in [7, 11) is 1.56. The zero-order chi connectivity index (χ0) is 23.0. The molecule has 1 N–H and O–H groups in total. The molecule has 0 unspecified atom stereocenters. The highest BCUT2D eigenvalue weighted by molar-refractivity contribution is 6.58. The summed E-state index contributed by atoms with van der Waals surface area (Å²) in [6.07, 6.45) is 7.51. The van der Waals surface area contributed by atoms with Gasteiger partial charge >= 0.3 is 6.97 Å². The Morgan fingerprint density at radius 2 is 1.94 bits per heavy atom. The van der Waals surface area contributed by atoms with Crippen LogP contribution in [0.4, 0.5) is 8.63 Å². The lowest BCUT2D eigenvalue weighted by Crippen LogP contribution is -2.50. The number of carbonyl (C=O) groups is 1. The number of halogens is 2. The van der Waals surface area contributed by atoms with Crippen molar-refractivity contribution in [2.75, 3.05) is 13.7 Å². The first-order valence-electron chi connectivity index (χ1n) is 10.4. The van der Waals surface area contributed by atoms with Crippen LogP contribution < -0.4 is 10.1 Å². The summed E-state index contributed by atoms with van der Waals surface area (Å²) in [6.45, 7) is -0.445. The number of terminal acetylenes is 1. The first-order chi connectivity index (χ1) is 15.3. The molecule has 1 amide bonds. The molecule has 0 spiro atoms. The average molecular weight is 435 g/mol. The topological polar surface area (TPSA) is 46.3 Å². The molecule has 8 heteroatoms. The van der Waals surface area contributed by atoms with Gasteiger partial charge in [-0.15, -0.1) is 6.42 Å². The number of fused-ring (bicyclic) bond motifs is 2.